The number of carbonyl (C=O) groups excluding carboxylic acids is 1. The van der Waals surface area contributed by atoms with E-state index in [1.54, 1.807) is 0 Å². The van der Waals surface area contributed by atoms with Crippen molar-refractivity contribution in [2.75, 3.05) is 25.1 Å². The van der Waals surface area contributed by atoms with Crippen LogP contribution < -0.4 is 4.90 Å². The number of non-ortho nitro benzene ring substituents is 1. The van der Waals surface area contributed by atoms with Crippen LogP contribution in [-0.4, -0.2) is 47.1 Å². The first-order valence-electron chi connectivity index (χ1n) is 7.29. The molecule has 0 aliphatic carbocycles. The molecule has 11 heteroatoms. The van der Waals surface area contributed by atoms with Crippen molar-refractivity contribution < 1.29 is 29.3 Å². The van der Waals surface area contributed by atoms with Gasteiger partial charge in [0.25, 0.3) is 11.4 Å². The molecule has 1 aliphatic heterocycles. The summed E-state index contributed by atoms with van der Waals surface area (Å²) in [6.45, 7) is 0.386. The van der Waals surface area contributed by atoms with Crippen LogP contribution in [0.15, 0.2) is 12.1 Å². The molecule has 1 heterocycles. The van der Waals surface area contributed by atoms with Crippen molar-refractivity contribution in [1.29, 1.82) is 0 Å². The summed E-state index contributed by atoms with van der Waals surface area (Å²) in [5.74, 6) is -2.26. The summed E-state index contributed by atoms with van der Waals surface area (Å²) in [5.41, 5.74) is -2.02. The minimum atomic E-state index is -1.50. The van der Waals surface area contributed by atoms with Crippen molar-refractivity contribution in [3.8, 4) is 0 Å². The smallest absolute Gasteiger partial charge is 0.338 e. The van der Waals surface area contributed by atoms with E-state index in [2.05, 4.69) is 4.74 Å². The molecule has 1 N–H and O–H groups in total. The molecule has 0 spiro atoms. The average Bonchev–Trinajstić information content (AvgIpc) is 2.59. The maximum atomic E-state index is 11.6. The minimum absolute atomic E-state index is 0.189. The normalized spacial score (nSPS) is 14.8. The van der Waals surface area contributed by atoms with Crippen LogP contribution in [0.5, 0.6) is 0 Å². The number of carboxylic acid groups (broad SMARTS) is 1. The van der Waals surface area contributed by atoms with Crippen LogP contribution in [-0.2, 0) is 9.53 Å². The number of nitro benzene ring substituents is 2. The molecule has 0 atom stereocenters. The molecule has 0 bridgehead atoms. The number of esters is 1. The lowest BCUT2D eigenvalue weighted by atomic mass is 9.95. The van der Waals surface area contributed by atoms with Gasteiger partial charge >= 0.3 is 11.9 Å². The summed E-state index contributed by atoms with van der Waals surface area (Å²) in [5, 5.41) is 31.6. The largest absolute Gasteiger partial charge is 0.478 e. The summed E-state index contributed by atoms with van der Waals surface area (Å²) in [4.78, 5) is 45.0. The number of carbonyl (C=O) groups is 2. The first kappa shape index (κ1) is 18.1. The van der Waals surface area contributed by atoms with Gasteiger partial charge in [-0.3, -0.25) is 25.0 Å². The molecular weight excluding hydrogens is 338 g/mol. The van der Waals surface area contributed by atoms with Gasteiger partial charge in [0.1, 0.15) is 5.69 Å². The van der Waals surface area contributed by atoms with Gasteiger partial charge < -0.3 is 14.7 Å². The summed E-state index contributed by atoms with van der Waals surface area (Å²) < 4.78 is 4.66. The number of hydrogen-bond acceptors (Lipinski definition) is 8. The Morgan fingerprint density at radius 3 is 2.24 bits per heavy atom. The lowest BCUT2D eigenvalue weighted by Gasteiger charge is -2.32. The topological polar surface area (TPSA) is 153 Å². The van der Waals surface area contributed by atoms with E-state index in [0.29, 0.717) is 12.8 Å². The van der Waals surface area contributed by atoms with Crippen LogP contribution in [0, 0.1) is 26.1 Å². The van der Waals surface area contributed by atoms with Gasteiger partial charge in [-0.1, -0.05) is 0 Å². The number of rotatable bonds is 5. The number of nitrogens with zero attached hydrogens (tertiary/aromatic N) is 3. The third-order valence-corrected chi connectivity index (χ3v) is 4.06. The van der Waals surface area contributed by atoms with Crippen molar-refractivity contribution in [3.05, 3.63) is 37.9 Å². The van der Waals surface area contributed by atoms with E-state index < -0.39 is 38.7 Å². The Kier molecular flexibility index (Phi) is 5.15. The molecule has 0 radical (unpaired) electrons. The van der Waals surface area contributed by atoms with Crippen LogP contribution >= 0.6 is 0 Å². The molecule has 25 heavy (non-hydrogen) atoms. The van der Waals surface area contributed by atoms with Crippen molar-refractivity contribution in [2.45, 2.75) is 12.8 Å². The van der Waals surface area contributed by atoms with Crippen LogP contribution in [0.25, 0.3) is 0 Å². The zero-order chi connectivity index (χ0) is 18.7. The number of carboxylic acids is 1. The number of anilines is 1. The Labute approximate surface area is 141 Å². The summed E-state index contributed by atoms with van der Waals surface area (Å²) in [6.07, 6.45) is 0.666. The van der Waals surface area contributed by atoms with Crippen molar-refractivity contribution >= 4 is 29.0 Å². The van der Waals surface area contributed by atoms with E-state index in [1.165, 1.54) is 12.0 Å². The van der Waals surface area contributed by atoms with Gasteiger partial charge in [0.2, 0.25) is 0 Å². The highest BCUT2D eigenvalue weighted by Crippen LogP contribution is 2.38. The van der Waals surface area contributed by atoms with Crippen molar-refractivity contribution in [1.82, 2.24) is 0 Å². The number of ether oxygens (including phenoxy) is 1. The van der Waals surface area contributed by atoms with E-state index in [-0.39, 0.29) is 24.7 Å². The number of piperidine rings is 1. The zero-order valence-corrected chi connectivity index (χ0v) is 13.2. The lowest BCUT2D eigenvalue weighted by Crippen LogP contribution is -2.37. The Morgan fingerprint density at radius 1 is 1.20 bits per heavy atom. The molecule has 1 aliphatic rings. The van der Waals surface area contributed by atoms with E-state index in [1.807, 2.05) is 0 Å². The molecule has 11 nitrogen and oxygen atoms in total. The fraction of sp³-hybridized carbons (Fsp3) is 0.429. The van der Waals surface area contributed by atoms with Gasteiger partial charge in [-0.15, -0.1) is 0 Å². The van der Waals surface area contributed by atoms with Crippen LogP contribution in [0.4, 0.5) is 17.1 Å². The molecule has 1 fully saturated rings. The second kappa shape index (κ2) is 7.11. The number of methoxy groups -OCH3 is 1. The monoisotopic (exact) mass is 353 g/mol. The van der Waals surface area contributed by atoms with Gasteiger partial charge in [-0.2, -0.15) is 0 Å². The van der Waals surface area contributed by atoms with Gasteiger partial charge in [-0.25, -0.2) is 4.79 Å². The summed E-state index contributed by atoms with van der Waals surface area (Å²) >= 11 is 0. The number of hydrogen-bond donors (Lipinski definition) is 1. The molecule has 1 saturated heterocycles. The summed E-state index contributed by atoms with van der Waals surface area (Å²) in [7, 11) is 1.26. The Hall–Kier alpha value is -3.24. The Morgan fingerprint density at radius 2 is 1.80 bits per heavy atom. The second-order valence-corrected chi connectivity index (χ2v) is 5.46. The van der Waals surface area contributed by atoms with E-state index in [0.717, 1.165) is 12.1 Å². The maximum Gasteiger partial charge on any atom is 0.338 e. The Bertz CT molecular complexity index is 705. The zero-order valence-electron chi connectivity index (χ0n) is 13.2. The molecule has 0 aromatic heterocycles. The van der Waals surface area contributed by atoms with Crippen LogP contribution in [0.1, 0.15) is 23.2 Å². The molecule has 1 aromatic carbocycles. The van der Waals surface area contributed by atoms with Gasteiger partial charge in [0.15, 0.2) is 0 Å². The third-order valence-electron chi connectivity index (χ3n) is 4.06. The van der Waals surface area contributed by atoms with Gasteiger partial charge in [-0.05, 0) is 12.8 Å². The predicted molar refractivity (Wildman–Crippen MR) is 83.7 cm³/mol. The third kappa shape index (κ3) is 3.65. The Balaban J connectivity index is 2.46. The second-order valence-electron chi connectivity index (χ2n) is 5.46. The first-order valence-corrected chi connectivity index (χ1v) is 7.29. The number of nitro groups is 2. The standard InChI is InChI=1S/C14H15N3O8/c1-25-14(20)8-2-4-15(5-3-8)12-10(13(18)19)6-9(16(21)22)7-11(12)17(23)24/h6-8H,2-5H2,1H3,(H,18,19). The van der Waals surface area contributed by atoms with E-state index in [9.17, 15) is 34.9 Å². The lowest BCUT2D eigenvalue weighted by molar-refractivity contribution is -0.393. The highest BCUT2D eigenvalue weighted by molar-refractivity contribution is 5.98. The van der Waals surface area contributed by atoms with Crippen molar-refractivity contribution in [2.24, 2.45) is 5.92 Å². The fourth-order valence-corrected chi connectivity index (χ4v) is 2.85. The number of benzene rings is 1. The molecule has 0 saturated carbocycles. The maximum absolute atomic E-state index is 11.6. The molecule has 0 unspecified atom stereocenters. The first-order chi connectivity index (χ1) is 11.8. The number of aromatic carboxylic acids is 1. The fourth-order valence-electron chi connectivity index (χ4n) is 2.85. The highest BCUT2D eigenvalue weighted by Gasteiger charge is 2.34. The quantitative estimate of drug-likeness (QED) is 0.472. The summed E-state index contributed by atoms with van der Waals surface area (Å²) in [6, 6.07) is 1.55. The van der Waals surface area contributed by atoms with Crippen LogP contribution in [0.2, 0.25) is 0 Å². The SMILES string of the molecule is COC(=O)C1CCN(c2c(C(=O)O)cc([N+](=O)[O-])cc2[N+](=O)[O-])CC1. The van der Waals surface area contributed by atoms with E-state index in [4.69, 9.17) is 0 Å². The molecule has 134 valence electrons. The molecule has 1 aromatic rings. The average molecular weight is 353 g/mol. The van der Waals surface area contributed by atoms with Crippen LogP contribution in [0.3, 0.4) is 0 Å². The minimum Gasteiger partial charge on any atom is -0.478 e. The van der Waals surface area contributed by atoms with Crippen molar-refractivity contribution in [3.63, 3.8) is 0 Å². The molecular formula is C14H15N3O8. The molecule has 2 rings (SSSR count). The van der Waals surface area contributed by atoms with Gasteiger partial charge in [0, 0.05) is 19.2 Å². The highest BCUT2D eigenvalue weighted by atomic mass is 16.6. The predicted octanol–water partition coefficient (Wildman–Crippen LogP) is 1.59. The van der Waals surface area contributed by atoms with E-state index >= 15 is 0 Å². The van der Waals surface area contributed by atoms with Gasteiger partial charge in [0.05, 0.1) is 34.5 Å². The molecule has 0 amide bonds.